The molecule has 0 heterocycles. The molecule has 0 N–H and O–H groups in total. The molecule has 3 heteroatoms. The standard InChI is InChI=1S/C13H19BrFN/c1-3-5-8-16(4-2)13-7-6-11(10-14)9-12(13)15/h6-7,9H,3-5,8,10H2,1-2H3. The zero-order chi connectivity index (χ0) is 12.0. The minimum absolute atomic E-state index is 0.116. The van der Waals surface area contributed by atoms with Gasteiger partial charge in [0, 0.05) is 18.4 Å². The van der Waals surface area contributed by atoms with Gasteiger partial charge in [0.05, 0.1) is 5.69 Å². The fourth-order valence-corrected chi connectivity index (χ4v) is 2.04. The summed E-state index contributed by atoms with van der Waals surface area (Å²) in [6.07, 6.45) is 2.24. The molecule has 0 radical (unpaired) electrons. The molecule has 0 atom stereocenters. The summed E-state index contributed by atoms with van der Waals surface area (Å²) >= 11 is 3.33. The molecule has 1 nitrogen and oxygen atoms in total. The summed E-state index contributed by atoms with van der Waals surface area (Å²) in [6.45, 7) is 5.99. The molecule has 0 bridgehead atoms. The fourth-order valence-electron chi connectivity index (χ4n) is 1.69. The molecular weight excluding hydrogens is 269 g/mol. The van der Waals surface area contributed by atoms with E-state index in [-0.39, 0.29) is 5.82 Å². The van der Waals surface area contributed by atoms with Crippen molar-refractivity contribution in [2.45, 2.75) is 32.0 Å². The molecule has 1 aromatic carbocycles. The second-order valence-corrected chi connectivity index (χ2v) is 4.41. The first kappa shape index (κ1) is 13.5. The van der Waals surface area contributed by atoms with Crippen LogP contribution in [-0.2, 0) is 5.33 Å². The Morgan fingerprint density at radius 3 is 2.56 bits per heavy atom. The van der Waals surface area contributed by atoms with Crippen LogP contribution in [0.15, 0.2) is 18.2 Å². The zero-order valence-electron chi connectivity index (χ0n) is 9.97. The van der Waals surface area contributed by atoms with E-state index in [0.29, 0.717) is 5.33 Å². The van der Waals surface area contributed by atoms with Gasteiger partial charge in [-0.3, -0.25) is 0 Å². The van der Waals surface area contributed by atoms with Crippen LogP contribution in [0.3, 0.4) is 0 Å². The van der Waals surface area contributed by atoms with Crippen LogP contribution < -0.4 is 4.90 Å². The first-order valence-corrected chi connectivity index (χ1v) is 6.94. The van der Waals surface area contributed by atoms with E-state index in [4.69, 9.17) is 0 Å². The molecule has 0 saturated heterocycles. The topological polar surface area (TPSA) is 3.24 Å². The molecule has 16 heavy (non-hydrogen) atoms. The minimum Gasteiger partial charge on any atom is -0.369 e. The second-order valence-electron chi connectivity index (χ2n) is 3.85. The van der Waals surface area contributed by atoms with Crippen LogP contribution in [0.5, 0.6) is 0 Å². The summed E-state index contributed by atoms with van der Waals surface area (Å²) in [5.74, 6) is -0.116. The van der Waals surface area contributed by atoms with E-state index in [9.17, 15) is 4.39 Å². The number of halogens is 2. The molecule has 0 spiro atoms. The third-order valence-corrected chi connectivity index (χ3v) is 3.32. The molecule has 0 aliphatic rings. The maximum atomic E-state index is 13.8. The van der Waals surface area contributed by atoms with Gasteiger partial charge in [-0.2, -0.15) is 0 Å². The van der Waals surface area contributed by atoms with E-state index in [0.717, 1.165) is 37.2 Å². The monoisotopic (exact) mass is 287 g/mol. The Bertz CT molecular complexity index is 328. The number of alkyl halides is 1. The quantitative estimate of drug-likeness (QED) is 0.703. The molecule has 0 unspecified atom stereocenters. The third-order valence-electron chi connectivity index (χ3n) is 2.67. The van der Waals surface area contributed by atoms with E-state index in [1.54, 1.807) is 6.07 Å². The van der Waals surface area contributed by atoms with Crippen LogP contribution in [-0.4, -0.2) is 13.1 Å². The van der Waals surface area contributed by atoms with Gasteiger partial charge >= 0.3 is 0 Å². The third kappa shape index (κ3) is 3.48. The molecule has 1 aromatic rings. The smallest absolute Gasteiger partial charge is 0.146 e. The van der Waals surface area contributed by atoms with E-state index in [1.165, 1.54) is 0 Å². The average molecular weight is 288 g/mol. The first-order valence-electron chi connectivity index (χ1n) is 5.82. The number of nitrogens with zero attached hydrogens (tertiary/aromatic N) is 1. The maximum absolute atomic E-state index is 13.8. The van der Waals surface area contributed by atoms with Gasteiger partial charge in [-0.05, 0) is 31.0 Å². The lowest BCUT2D eigenvalue weighted by atomic mass is 10.2. The van der Waals surface area contributed by atoms with Crippen molar-refractivity contribution >= 4 is 21.6 Å². The molecule has 0 aliphatic heterocycles. The summed E-state index contributed by atoms with van der Waals surface area (Å²) < 4.78 is 13.8. The van der Waals surface area contributed by atoms with Crippen LogP contribution >= 0.6 is 15.9 Å². The Labute approximate surface area is 106 Å². The van der Waals surface area contributed by atoms with Crippen molar-refractivity contribution in [1.29, 1.82) is 0 Å². The highest BCUT2D eigenvalue weighted by molar-refractivity contribution is 9.08. The lowest BCUT2D eigenvalue weighted by Crippen LogP contribution is -2.24. The van der Waals surface area contributed by atoms with Crippen LogP contribution in [0.2, 0.25) is 0 Å². The largest absolute Gasteiger partial charge is 0.369 e. The normalized spacial score (nSPS) is 10.5. The van der Waals surface area contributed by atoms with Gasteiger partial charge in [0.2, 0.25) is 0 Å². The maximum Gasteiger partial charge on any atom is 0.146 e. The molecule has 0 saturated carbocycles. The Hall–Kier alpha value is -0.570. The SMILES string of the molecule is CCCCN(CC)c1ccc(CBr)cc1F. The highest BCUT2D eigenvalue weighted by Gasteiger charge is 2.09. The van der Waals surface area contributed by atoms with Gasteiger partial charge in [0.1, 0.15) is 5.82 Å². The van der Waals surface area contributed by atoms with Crippen LogP contribution in [0.1, 0.15) is 32.3 Å². The number of rotatable bonds is 6. The van der Waals surface area contributed by atoms with E-state index in [2.05, 4.69) is 34.7 Å². The number of anilines is 1. The summed E-state index contributed by atoms with van der Waals surface area (Å²) in [5, 5.41) is 0.700. The predicted octanol–water partition coefficient (Wildman–Crippen LogP) is 4.35. The summed E-state index contributed by atoms with van der Waals surface area (Å²) in [5.41, 5.74) is 1.70. The van der Waals surface area contributed by atoms with Crippen molar-refractivity contribution in [3.8, 4) is 0 Å². The molecule has 0 fully saturated rings. The van der Waals surface area contributed by atoms with Crippen LogP contribution in [0, 0.1) is 5.82 Å². The van der Waals surface area contributed by atoms with Gasteiger partial charge in [-0.25, -0.2) is 4.39 Å². The molecule has 0 aromatic heterocycles. The number of hydrogen-bond acceptors (Lipinski definition) is 1. The van der Waals surface area contributed by atoms with Gasteiger partial charge in [-0.1, -0.05) is 35.3 Å². The highest BCUT2D eigenvalue weighted by Crippen LogP contribution is 2.21. The summed E-state index contributed by atoms with van der Waals surface area (Å²) in [4.78, 5) is 2.09. The van der Waals surface area contributed by atoms with Gasteiger partial charge in [-0.15, -0.1) is 0 Å². The second kappa shape index (κ2) is 6.89. The van der Waals surface area contributed by atoms with Crippen molar-refractivity contribution < 1.29 is 4.39 Å². The van der Waals surface area contributed by atoms with Gasteiger partial charge in [0.25, 0.3) is 0 Å². The number of unbranched alkanes of at least 4 members (excludes halogenated alkanes) is 1. The summed E-state index contributed by atoms with van der Waals surface area (Å²) in [7, 11) is 0. The number of hydrogen-bond donors (Lipinski definition) is 0. The summed E-state index contributed by atoms with van der Waals surface area (Å²) in [6, 6.07) is 5.46. The Morgan fingerprint density at radius 1 is 1.31 bits per heavy atom. The van der Waals surface area contributed by atoms with Crippen LogP contribution in [0.25, 0.3) is 0 Å². The van der Waals surface area contributed by atoms with Crippen molar-refractivity contribution in [3.05, 3.63) is 29.6 Å². The van der Waals surface area contributed by atoms with Gasteiger partial charge in [0.15, 0.2) is 0 Å². The van der Waals surface area contributed by atoms with Gasteiger partial charge < -0.3 is 4.90 Å². The van der Waals surface area contributed by atoms with Crippen LogP contribution in [0.4, 0.5) is 10.1 Å². The molecule has 1 rings (SSSR count). The van der Waals surface area contributed by atoms with Crippen molar-refractivity contribution in [2.24, 2.45) is 0 Å². The van der Waals surface area contributed by atoms with E-state index < -0.39 is 0 Å². The predicted molar refractivity (Wildman–Crippen MR) is 71.8 cm³/mol. The zero-order valence-corrected chi connectivity index (χ0v) is 11.6. The van der Waals surface area contributed by atoms with Crippen molar-refractivity contribution in [1.82, 2.24) is 0 Å². The minimum atomic E-state index is -0.116. The Morgan fingerprint density at radius 2 is 2.06 bits per heavy atom. The lowest BCUT2D eigenvalue weighted by molar-refractivity contribution is 0.613. The van der Waals surface area contributed by atoms with Crippen molar-refractivity contribution in [2.75, 3.05) is 18.0 Å². The van der Waals surface area contributed by atoms with Crippen molar-refractivity contribution in [3.63, 3.8) is 0 Å². The molecular formula is C13H19BrFN. The Balaban J connectivity index is 2.83. The first-order chi connectivity index (χ1) is 7.72. The van der Waals surface area contributed by atoms with E-state index in [1.807, 2.05) is 12.1 Å². The molecule has 0 aliphatic carbocycles. The molecule has 0 amide bonds. The van der Waals surface area contributed by atoms with E-state index >= 15 is 0 Å². The lowest BCUT2D eigenvalue weighted by Gasteiger charge is -2.23. The highest BCUT2D eigenvalue weighted by atomic mass is 79.9. The number of benzene rings is 1. The average Bonchev–Trinajstić information content (AvgIpc) is 2.31. The fraction of sp³-hybridized carbons (Fsp3) is 0.538. The molecule has 90 valence electrons. The Kier molecular flexibility index (Phi) is 5.81.